The van der Waals surface area contributed by atoms with Gasteiger partial charge in [0.25, 0.3) is 0 Å². The molecule has 0 spiro atoms. The molecule has 4 nitrogen and oxygen atoms in total. The standard InChI is InChI=1S/C17H32INO3/c1-12(2)7-13-3-5-14(6-4-13)9-19-10-17(22-18)16(21)8-15(19)11-20/h12-17,20-21H,3-11H2,1-2H3/t13?,14?,15-,16+,17+/m1/s1. The molecule has 1 heterocycles. The Balaban J connectivity index is 1.82. The van der Waals surface area contributed by atoms with E-state index in [9.17, 15) is 10.2 Å². The van der Waals surface area contributed by atoms with Crippen molar-refractivity contribution in [1.82, 2.24) is 4.90 Å². The molecule has 2 fully saturated rings. The van der Waals surface area contributed by atoms with Crippen LogP contribution < -0.4 is 0 Å². The summed E-state index contributed by atoms with van der Waals surface area (Å²) >= 11 is 1.89. The minimum Gasteiger partial charge on any atom is -0.395 e. The molecule has 22 heavy (non-hydrogen) atoms. The lowest BCUT2D eigenvalue weighted by Crippen LogP contribution is -2.55. The number of piperidine rings is 1. The molecule has 0 aromatic heterocycles. The molecule has 0 aromatic rings. The van der Waals surface area contributed by atoms with Gasteiger partial charge < -0.3 is 13.3 Å². The van der Waals surface area contributed by atoms with Crippen molar-refractivity contribution >= 4 is 23.0 Å². The van der Waals surface area contributed by atoms with Crippen LogP contribution in [-0.4, -0.2) is 53.1 Å². The minimum atomic E-state index is -0.452. The Hall–Kier alpha value is 0.570. The quantitative estimate of drug-likeness (QED) is 0.643. The topological polar surface area (TPSA) is 52.9 Å². The van der Waals surface area contributed by atoms with E-state index in [1.165, 1.54) is 32.1 Å². The number of rotatable bonds is 6. The third-order valence-corrected chi connectivity index (χ3v) is 6.12. The molecule has 130 valence electrons. The van der Waals surface area contributed by atoms with Crippen LogP contribution in [0.25, 0.3) is 0 Å². The van der Waals surface area contributed by atoms with E-state index in [1.807, 2.05) is 23.0 Å². The van der Waals surface area contributed by atoms with Crippen molar-refractivity contribution in [3.63, 3.8) is 0 Å². The molecule has 0 bridgehead atoms. The second kappa shape index (κ2) is 9.16. The Morgan fingerprint density at radius 1 is 1.18 bits per heavy atom. The summed E-state index contributed by atoms with van der Waals surface area (Å²) in [5, 5.41) is 19.7. The number of hydrogen-bond acceptors (Lipinski definition) is 4. The molecule has 0 unspecified atom stereocenters. The predicted octanol–water partition coefficient (Wildman–Crippen LogP) is 3.00. The zero-order valence-corrected chi connectivity index (χ0v) is 16.1. The SMILES string of the molecule is CC(C)CC1CCC(CN2C[C@H](OI)[C@@H](O)C[C@@H]2CO)CC1. The van der Waals surface area contributed by atoms with Crippen molar-refractivity contribution in [3.8, 4) is 0 Å². The summed E-state index contributed by atoms with van der Waals surface area (Å²) in [7, 11) is 0. The third kappa shape index (κ3) is 5.30. The van der Waals surface area contributed by atoms with Crippen LogP contribution in [0.4, 0.5) is 0 Å². The molecule has 1 saturated carbocycles. The van der Waals surface area contributed by atoms with Gasteiger partial charge in [-0.25, -0.2) is 0 Å². The molecular formula is C17H32INO3. The van der Waals surface area contributed by atoms with Crippen molar-refractivity contribution in [3.05, 3.63) is 0 Å². The highest BCUT2D eigenvalue weighted by atomic mass is 127. The average Bonchev–Trinajstić information content (AvgIpc) is 2.50. The largest absolute Gasteiger partial charge is 0.395 e. The smallest absolute Gasteiger partial charge is 0.110 e. The first-order valence-corrected chi connectivity index (χ1v) is 9.71. The van der Waals surface area contributed by atoms with Crippen molar-refractivity contribution in [2.75, 3.05) is 19.7 Å². The fraction of sp³-hybridized carbons (Fsp3) is 1.00. The molecule has 1 saturated heterocycles. The van der Waals surface area contributed by atoms with Gasteiger partial charge in [-0.1, -0.05) is 26.7 Å². The van der Waals surface area contributed by atoms with E-state index in [0.29, 0.717) is 6.42 Å². The molecule has 1 aliphatic heterocycles. The number of hydrogen-bond donors (Lipinski definition) is 2. The van der Waals surface area contributed by atoms with Gasteiger partial charge in [0.05, 0.1) is 12.7 Å². The fourth-order valence-electron chi connectivity index (χ4n) is 4.23. The minimum absolute atomic E-state index is 0.0891. The second-order valence-electron chi connectivity index (χ2n) is 7.74. The van der Waals surface area contributed by atoms with Crippen LogP contribution in [0.15, 0.2) is 0 Å². The lowest BCUT2D eigenvalue weighted by molar-refractivity contribution is -0.0524. The third-order valence-electron chi connectivity index (χ3n) is 5.46. The molecule has 3 atom stereocenters. The zero-order valence-electron chi connectivity index (χ0n) is 14.0. The Bertz CT molecular complexity index is 321. The number of nitrogens with zero attached hydrogens (tertiary/aromatic N) is 1. The summed E-state index contributed by atoms with van der Waals surface area (Å²) in [4.78, 5) is 2.35. The van der Waals surface area contributed by atoms with Crippen molar-refractivity contribution in [2.24, 2.45) is 17.8 Å². The van der Waals surface area contributed by atoms with E-state index in [-0.39, 0.29) is 18.8 Å². The average molecular weight is 425 g/mol. The Labute approximate surface area is 149 Å². The summed E-state index contributed by atoms with van der Waals surface area (Å²) in [6.07, 6.45) is 6.74. The van der Waals surface area contributed by atoms with Crippen LogP contribution in [0.5, 0.6) is 0 Å². The number of aliphatic hydroxyl groups excluding tert-OH is 2. The number of halogens is 1. The van der Waals surface area contributed by atoms with Crippen molar-refractivity contribution in [2.45, 2.75) is 70.6 Å². The molecule has 0 radical (unpaired) electrons. The van der Waals surface area contributed by atoms with Gasteiger partial charge in [0.2, 0.25) is 0 Å². The maximum atomic E-state index is 10.0. The van der Waals surface area contributed by atoms with Crippen molar-refractivity contribution in [1.29, 1.82) is 0 Å². The van der Waals surface area contributed by atoms with Crippen LogP contribution in [0.2, 0.25) is 0 Å². The van der Waals surface area contributed by atoms with Gasteiger partial charge in [-0.3, -0.25) is 4.90 Å². The van der Waals surface area contributed by atoms with Gasteiger partial charge in [-0.15, -0.1) is 0 Å². The lowest BCUT2D eigenvalue weighted by Gasteiger charge is -2.43. The van der Waals surface area contributed by atoms with E-state index in [2.05, 4.69) is 18.7 Å². The molecule has 0 amide bonds. The normalized spacial score (nSPS) is 37.6. The molecule has 0 aromatic carbocycles. The lowest BCUT2D eigenvalue weighted by atomic mass is 9.78. The maximum Gasteiger partial charge on any atom is 0.110 e. The first-order chi connectivity index (χ1) is 10.5. The first-order valence-electron chi connectivity index (χ1n) is 8.83. The van der Waals surface area contributed by atoms with Gasteiger partial charge in [0.15, 0.2) is 0 Å². The van der Waals surface area contributed by atoms with E-state index < -0.39 is 6.10 Å². The Morgan fingerprint density at radius 2 is 1.82 bits per heavy atom. The number of aliphatic hydroxyl groups is 2. The van der Waals surface area contributed by atoms with Gasteiger partial charge >= 0.3 is 0 Å². The summed E-state index contributed by atoms with van der Waals surface area (Å²) in [6, 6.07) is 0.0891. The molecule has 2 aliphatic rings. The van der Waals surface area contributed by atoms with Crippen molar-refractivity contribution < 1.29 is 13.3 Å². The zero-order chi connectivity index (χ0) is 16.1. The molecule has 5 heteroatoms. The predicted molar refractivity (Wildman–Crippen MR) is 96.9 cm³/mol. The second-order valence-corrected chi connectivity index (χ2v) is 8.25. The van der Waals surface area contributed by atoms with E-state index in [0.717, 1.165) is 30.8 Å². The summed E-state index contributed by atoms with van der Waals surface area (Å²) in [5.41, 5.74) is 0. The maximum absolute atomic E-state index is 10.0. The molecule has 1 aliphatic carbocycles. The summed E-state index contributed by atoms with van der Waals surface area (Å²) in [6.45, 7) is 6.56. The van der Waals surface area contributed by atoms with Crippen LogP contribution in [0.3, 0.4) is 0 Å². The molecular weight excluding hydrogens is 393 g/mol. The van der Waals surface area contributed by atoms with E-state index in [1.54, 1.807) is 0 Å². The molecule has 2 rings (SSSR count). The van der Waals surface area contributed by atoms with E-state index >= 15 is 0 Å². The molecule has 2 N–H and O–H groups in total. The van der Waals surface area contributed by atoms with Gasteiger partial charge in [0.1, 0.15) is 29.1 Å². The highest BCUT2D eigenvalue weighted by molar-refractivity contribution is 14.1. The van der Waals surface area contributed by atoms with Crippen LogP contribution in [-0.2, 0) is 3.07 Å². The monoisotopic (exact) mass is 425 g/mol. The summed E-state index contributed by atoms with van der Waals surface area (Å²) in [5.74, 6) is 2.46. The highest BCUT2D eigenvalue weighted by Crippen LogP contribution is 2.34. The van der Waals surface area contributed by atoms with Crippen LogP contribution >= 0.6 is 23.0 Å². The van der Waals surface area contributed by atoms with Crippen LogP contribution in [0, 0.1) is 17.8 Å². The highest BCUT2D eigenvalue weighted by Gasteiger charge is 2.36. The first kappa shape index (κ1) is 18.9. The summed E-state index contributed by atoms with van der Waals surface area (Å²) < 4.78 is 5.37. The fourth-order valence-corrected chi connectivity index (χ4v) is 4.73. The van der Waals surface area contributed by atoms with Gasteiger partial charge in [-0.05, 0) is 43.4 Å². The Morgan fingerprint density at radius 3 is 2.36 bits per heavy atom. The van der Waals surface area contributed by atoms with Gasteiger partial charge in [0, 0.05) is 19.1 Å². The number of likely N-dealkylation sites (tertiary alicyclic amines) is 1. The van der Waals surface area contributed by atoms with Gasteiger partial charge in [-0.2, -0.15) is 0 Å². The Kier molecular flexibility index (Phi) is 7.87. The van der Waals surface area contributed by atoms with Crippen LogP contribution in [0.1, 0.15) is 52.4 Å². The van der Waals surface area contributed by atoms with E-state index in [4.69, 9.17) is 3.07 Å².